The molecule has 5 aromatic rings. The van der Waals surface area contributed by atoms with Crippen LogP contribution in [0.3, 0.4) is 0 Å². The monoisotopic (exact) mass is 708 g/mol. The van der Waals surface area contributed by atoms with Crippen LogP contribution in [0.15, 0.2) is 91.0 Å². The van der Waals surface area contributed by atoms with Gasteiger partial charge in [0.2, 0.25) is 5.91 Å². The number of carboxylic acids is 1. The van der Waals surface area contributed by atoms with Crippen molar-refractivity contribution < 1.29 is 27.9 Å². The molecule has 1 amide bonds. The molecule has 7 rings (SSSR count). The fraction of sp³-hybridized carbons (Fsp3) is 0.270. The Hall–Kier alpha value is -4.54. The predicted octanol–water partition coefficient (Wildman–Crippen LogP) is 8.97. The topological polar surface area (TPSA) is 101 Å². The molecule has 12 heteroatoms. The number of fused-ring (bicyclic) bond motifs is 1. The minimum atomic E-state index is -5.08. The molecule has 0 bridgehead atoms. The summed E-state index contributed by atoms with van der Waals surface area (Å²) in [6.07, 6.45) is -0.654. The van der Waals surface area contributed by atoms with Crippen LogP contribution in [-0.4, -0.2) is 46.0 Å². The number of alkyl halides is 3. The summed E-state index contributed by atoms with van der Waals surface area (Å²) in [6, 6.07) is 31.3. The number of carboxylic acid groups (broad SMARTS) is 1. The number of primary amides is 1. The van der Waals surface area contributed by atoms with Gasteiger partial charge in [0.1, 0.15) is 0 Å². The van der Waals surface area contributed by atoms with Crippen LogP contribution in [0.4, 0.5) is 18.9 Å². The molecule has 1 aromatic heterocycles. The minimum absolute atomic E-state index is 0.0475. The quantitative estimate of drug-likeness (QED) is 0.164. The number of hydrogen-bond donors (Lipinski definition) is 2. The number of aliphatic carboxylic acids is 1. The van der Waals surface area contributed by atoms with Crippen LogP contribution in [0.1, 0.15) is 76.3 Å². The molecule has 2 heterocycles. The van der Waals surface area contributed by atoms with Gasteiger partial charge in [0.15, 0.2) is 0 Å². The molecule has 0 spiro atoms. The van der Waals surface area contributed by atoms with Gasteiger partial charge in [-0.3, -0.25) is 9.48 Å². The summed E-state index contributed by atoms with van der Waals surface area (Å²) in [6.45, 7) is 1.88. The van der Waals surface area contributed by atoms with Crippen molar-refractivity contribution in [3.63, 3.8) is 0 Å². The van der Waals surface area contributed by atoms with Gasteiger partial charge in [-0.1, -0.05) is 53.5 Å². The summed E-state index contributed by atoms with van der Waals surface area (Å²) in [7, 11) is 0. The Morgan fingerprint density at radius 1 is 0.796 bits per heavy atom. The number of nitrogens with zero attached hydrogens (tertiary/aromatic N) is 3. The van der Waals surface area contributed by atoms with E-state index in [9.17, 15) is 18.0 Å². The second-order valence-electron chi connectivity index (χ2n) is 12.3. The number of hydrogen-bond acceptors (Lipinski definition) is 4. The minimum Gasteiger partial charge on any atom is -0.475 e. The van der Waals surface area contributed by atoms with Crippen molar-refractivity contribution in [2.24, 2.45) is 5.73 Å². The second-order valence-corrected chi connectivity index (χ2v) is 13.2. The van der Waals surface area contributed by atoms with Gasteiger partial charge >= 0.3 is 12.1 Å². The third-order valence-electron chi connectivity index (χ3n) is 9.03. The first-order valence-electron chi connectivity index (χ1n) is 15.9. The molecule has 2 aliphatic rings. The maximum absolute atomic E-state index is 11.5. The molecule has 49 heavy (non-hydrogen) atoms. The van der Waals surface area contributed by atoms with E-state index in [0.717, 1.165) is 41.7 Å². The van der Waals surface area contributed by atoms with Crippen molar-refractivity contribution in [2.45, 2.75) is 49.7 Å². The standard InChI is InChI=1S/C35H32Cl2N4O.C2HF3O2/c36-27-8-1-22(2-9-27)33(23-3-10-28(37)11-4-23)26-7-16-32-31(21-26)34(39-41(32)30-14-15-30)24-17-19-40(20-18-24)29-12-5-25(6-13-29)35(38)42;3-2(4,5)1(6)7/h1-13,16,21,24,30,33H,14-15,17-20H2,(H2,38,42);(H,6,7). The number of carbonyl (C=O) groups excluding carboxylic acids is 1. The zero-order chi connectivity index (χ0) is 34.9. The lowest BCUT2D eigenvalue weighted by Gasteiger charge is -2.33. The van der Waals surface area contributed by atoms with Crippen molar-refractivity contribution in [2.75, 3.05) is 18.0 Å². The molecule has 1 aliphatic heterocycles. The van der Waals surface area contributed by atoms with E-state index in [0.29, 0.717) is 17.5 Å². The first kappa shape index (κ1) is 34.3. The van der Waals surface area contributed by atoms with Gasteiger partial charge < -0.3 is 15.7 Å². The number of benzene rings is 4. The molecule has 0 atom stereocenters. The van der Waals surface area contributed by atoms with Gasteiger partial charge in [0.25, 0.3) is 0 Å². The molecule has 7 nitrogen and oxygen atoms in total. The Morgan fingerprint density at radius 2 is 1.31 bits per heavy atom. The Kier molecular flexibility index (Phi) is 9.90. The van der Waals surface area contributed by atoms with Crippen LogP contribution in [0.2, 0.25) is 10.0 Å². The highest BCUT2D eigenvalue weighted by Gasteiger charge is 2.38. The maximum atomic E-state index is 11.5. The average molecular weight is 710 g/mol. The molecule has 2 fully saturated rings. The lowest BCUT2D eigenvalue weighted by molar-refractivity contribution is -0.192. The lowest BCUT2D eigenvalue weighted by atomic mass is 9.84. The summed E-state index contributed by atoms with van der Waals surface area (Å²) >= 11 is 12.5. The number of piperidine rings is 1. The van der Waals surface area contributed by atoms with Crippen molar-refractivity contribution in [3.8, 4) is 0 Å². The van der Waals surface area contributed by atoms with E-state index in [1.807, 2.05) is 48.5 Å². The van der Waals surface area contributed by atoms with E-state index in [1.165, 1.54) is 46.1 Å². The normalized spacial score (nSPS) is 15.3. The molecule has 3 N–H and O–H groups in total. The van der Waals surface area contributed by atoms with Gasteiger partial charge in [-0.25, -0.2) is 4.79 Å². The SMILES string of the molecule is NC(=O)c1ccc(N2CCC(c3nn(C4CC4)c4ccc(C(c5ccc(Cl)cc5)c5ccc(Cl)cc5)cc34)CC2)cc1.O=C(O)C(F)(F)F. The number of nitrogens with two attached hydrogens (primary N) is 1. The lowest BCUT2D eigenvalue weighted by Crippen LogP contribution is -2.33. The fourth-order valence-electron chi connectivity index (χ4n) is 6.40. The first-order chi connectivity index (χ1) is 23.4. The van der Waals surface area contributed by atoms with E-state index >= 15 is 0 Å². The summed E-state index contributed by atoms with van der Waals surface area (Å²) in [5.74, 6) is -2.72. The fourth-order valence-corrected chi connectivity index (χ4v) is 6.65. The Balaban J connectivity index is 0.000000540. The van der Waals surface area contributed by atoms with Crippen molar-refractivity contribution >= 4 is 51.7 Å². The van der Waals surface area contributed by atoms with Crippen LogP contribution in [0, 0.1) is 0 Å². The number of rotatable bonds is 7. The van der Waals surface area contributed by atoms with Crippen LogP contribution in [0.5, 0.6) is 0 Å². The van der Waals surface area contributed by atoms with Gasteiger partial charge in [-0.2, -0.15) is 18.3 Å². The highest BCUT2D eigenvalue weighted by atomic mass is 35.5. The molecular formula is C37H33Cl2F3N4O3. The predicted molar refractivity (Wildman–Crippen MR) is 185 cm³/mol. The summed E-state index contributed by atoms with van der Waals surface area (Å²) < 4.78 is 34.0. The largest absolute Gasteiger partial charge is 0.490 e. The highest BCUT2D eigenvalue weighted by molar-refractivity contribution is 6.30. The Labute approximate surface area is 291 Å². The zero-order valence-corrected chi connectivity index (χ0v) is 27.7. The third kappa shape index (κ3) is 7.86. The van der Waals surface area contributed by atoms with E-state index in [2.05, 4.69) is 52.0 Å². The Bertz CT molecular complexity index is 1910. The van der Waals surface area contributed by atoms with Gasteiger partial charge in [0, 0.05) is 51.6 Å². The number of carbonyl (C=O) groups is 2. The summed E-state index contributed by atoms with van der Waals surface area (Å²) in [4.78, 5) is 22.8. The van der Waals surface area contributed by atoms with Crippen LogP contribution in [-0.2, 0) is 4.79 Å². The van der Waals surface area contributed by atoms with Crippen molar-refractivity contribution in [1.82, 2.24) is 9.78 Å². The molecule has 1 aliphatic carbocycles. The third-order valence-corrected chi connectivity index (χ3v) is 9.54. The number of aromatic nitrogens is 2. The second kappa shape index (κ2) is 14.1. The summed E-state index contributed by atoms with van der Waals surface area (Å²) in [5.41, 5.74) is 13.2. The Morgan fingerprint density at radius 3 is 1.78 bits per heavy atom. The van der Waals surface area contributed by atoms with E-state index < -0.39 is 18.1 Å². The summed E-state index contributed by atoms with van der Waals surface area (Å²) in [5, 5.41) is 15.1. The van der Waals surface area contributed by atoms with Crippen LogP contribution < -0.4 is 10.6 Å². The molecule has 1 saturated heterocycles. The average Bonchev–Trinajstić information content (AvgIpc) is 3.86. The highest BCUT2D eigenvalue weighted by Crippen LogP contribution is 2.42. The van der Waals surface area contributed by atoms with Crippen LogP contribution in [0.25, 0.3) is 10.9 Å². The van der Waals surface area contributed by atoms with Gasteiger partial charge in [-0.15, -0.1) is 0 Å². The molecule has 0 radical (unpaired) electrons. The van der Waals surface area contributed by atoms with Crippen molar-refractivity contribution in [1.29, 1.82) is 0 Å². The maximum Gasteiger partial charge on any atom is 0.490 e. The van der Waals surface area contributed by atoms with Crippen molar-refractivity contribution in [3.05, 3.63) is 129 Å². The van der Waals surface area contributed by atoms with E-state index in [-0.39, 0.29) is 5.92 Å². The molecule has 4 aromatic carbocycles. The number of halogens is 5. The zero-order valence-electron chi connectivity index (χ0n) is 26.2. The van der Waals surface area contributed by atoms with E-state index in [1.54, 1.807) is 0 Å². The van der Waals surface area contributed by atoms with Crippen LogP contribution >= 0.6 is 23.2 Å². The number of anilines is 1. The molecular weight excluding hydrogens is 676 g/mol. The first-order valence-corrected chi connectivity index (χ1v) is 16.6. The smallest absolute Gasteiger partial charge is 0.475 e. The molecule has 254 valence electrons. The van der Waals surface area contributed by atoms with E-state index in [4.69, 9.17) is 43.9 Å². The van der Waals surface area contributed by atoms with Gasteiger partial charge in [-0.05, 0) is 103 Å². The van der Waals surface area contributed by atoms with Gasteiger partial charge in [0.05, 0.1) is 17.3 Å². The number of amides is 1. The molecule has 0 unspecified atom stereocenters. The molecule has 1 saturated carbocycles.